The lowest BCUT2D eigenvalue weighted by atomic mass is 10.1. The maximum Gasteiger partial charge on any atom is 0.452 e. The number of ether oxygens (including phenoxy) is 1. The molecule has 0 bridgehead atoms. The summed E-state index contributed by atoms with van der Waals surface area (Å²) >= 11 is 0. The van der Waals surface area contributed by atoms with Gasteiger partial charge in [-0.05, 0) is 12.8 Å². The molecule has 1 fully saturated rings. The van der Waals surface area contributed by atoms with Gasteiger partial charge in [-0.2, -0.15) is 30.7 Å². The van der Waals surface area contributed by atoms with Gasteiger partial charge in [-0.3, -0.25) is 14.9 Å². The molecule has 116 valence electrons. The van der Waals surface area contributed by atoms with Crippen LogP contribution in [0.25, 0.3) is 0 Å². The summed E-state index contributed by atoms with van der Waals surface area (Å²) in [5, 5.41) is 1.05. The molecule has 0 amide bonds. The van der Waals surface area contributed by atoms with Crippen LogP contribution in [0.2, 0.25) is 0 Å². The Morgan fingerprint density at radius 1 is 1.20 bits per heavy atom. The van der Waals surface area contributed by atoms with Crippen molar-refractivity contribution in [2.45, 2.75) is 43.4 Å². The minimum atomic E-state index is -5.91. The van der Waals surface area contributed by atoms with Gasteiger partial charge in [0.2, 0.25) is 0 Å². The maximum absolute atomic E-state index is 12.5. The number of cyclic esters (lactones) is 1. The standard InChI is InChI=1S/C9H8F7NO3/c10-5(18)3-1-2-4-6(19)20-7(17-4,8(11,12)13)9(14,15)16/h4,17H,1-3H2/t4-/m1/s1. The van der Waals surface area contributed by atoms with E-state index in [1.54, 1.807) is 0 Å². The first kappa shape index (κ1) is 16.7. The van der Waals surface area contributed by atoms with E-state index < -0.39 is 55.4 Å². The van der Waals surface area contributed by atoms with E-state index in [9.17, 15) is 40.3 Å². The molecule has 0 unspecified atom stereocenters. The molecule has 4 nitrogen and oxygen atoms in total. The van der Waals surface area contributed by atoms with Gasteiger partial charge in [0.05, 0.1) is 0 Å². The molecular formula is C9H8F7NO3. The van der Waals surface area contributed by atoms with E-state index >= 15 is 0 Å². The highest BCUT2D eigenvalue weighted by atomic mass is 19.4. The van der Waals surface area contributed by atoms with E-state index in [0.717, 1.165) is 5.32 Å². The van der Waals surface area contributed by atoms with Gasteiger partial charge in [0.25, 0.3) is 0 Å². The van der Waals surface area contributed by atoms with Crippen molar-refractivity contribution < 1.29 is 45.1 Å². The number of rotatable bonds is 4. The highest BCUT2D eigenvalue weighted by Gasteiger charge is 2.78. The lowest BCUT2D eigenvalue weighted by Crippen LogP contribution is -2.65. The number of carbonyl (C=O) groups is 2. The fourth-order valence-electron chi connectivity index (χ4n) is 1.63. The number of carbonyl (C=O) groups excluding carboxylic acids is 2. The summed E-state index contributed by atoms with van der Waals surface area (Å²) in [6.07, 6.45) is -13.5. The number of hydrogen-bond donors (Lipinski definition) is 1. The van der Waals surface area contributed by atoms with Crippen LogP contribution in [0.3, 0.4) is 0 Å². The lowest BCUT2D eigenvalue weighted by Gasteiger charge is -2.31. The Morgan fingerprint density at radius 3 is 2.05 bits per heavy atom. The molecule has 1 atom stereocenters. The van der Waals surface area contributed by atoms with Gasteiger partial charge in [0.1, 0.15) is 6.04 Å². The van der Waals surface area contributed by atoms with Crippen LogP contribution in [0.1, 0.15) is 19.3 Å². The van der Waals surface area contributed by atoms with Crippen molar-refractivity contribution >= 4 is 12.0 Å². The van der Waals surface area contributed by atoms with Crippen molar-refractivity contribution in [3.05, 3.63) is 0 Å². The van der Waals surface area contributed by atoms with Crippen molar-refractivity contribution in [3.8, 4) is 0 Å². The molecule has 0 radical (unpaired) electrons. The average molecular weight is 311 g/mol. The summed E-state index contributed by atoms with van der Waals surface area (Å²) in [7, 11) is 0. The smallest absolute Gasteiger partial charge is 0.424 e. The van der Waals surface area contributed by atoms with E-state index in [1.807, 2.05) is 0 Å². The quantitative estimate of drug-likeness (QED) is 0.490. The lowest BCUT2D eigenvalue weighted by molar-refractivity contribution is -0.369. The number of halogens is 7. The zero-order valence-corrected chi connectivity index (χ0v) is 9.57. The predicted molar refractivity (Wildman–Crippen MR) is 47.8 cm³/mol. The Balaban J connectivity index is 2.88. The summed E-state index contributed by atoms with van der Waals surface area (Å²) in [4.78, 5) is 21.1. The third kappa shape index (κ3) is 3.02. The number of esters is 1. The Kier molecular flexibility index (Phi) is 4.32. The molecule has 0 aromatic heterocycles. The van der Waals surface area contributed by atoms with Crippen molar-refractivity contribution in [3.63, 3.8) is 0 Å². The van der Waals surface area contributed by atoms with Crippen molar-refractivity contribution in [1.82, 2.24) is 5.32 Å². The van der Waals surface area contributed by atoms with Crippen LogP contribution >= 0.6 is 0 Å². The van der Waals surface area contributed by atoms with E-state index in [-0.39, 0.29) is 0 Å². The second-order valence-corrected chi connectivity index (χ2v) is 4.04. The van der Waals surface area contributed by atoms with Crippen molar-refractivity contribution in [2.75, 3.05) is 0 Å². The first-order chi connectivity index (χ1) is 8.91. The molecule has 0 spiro atoms. The highest BCUT2D eigenvalue weighted by molar-refractivity contribution is 5.79. The Bertz CT molecular complexity index is 389. The summed E-state index contributed by atoms with van der Waals surface area (Å²) in [5.74, 6) is -1.76. The number of alkyl halides is 6. The fourth-order valence-corrected chi connectivity index (χ4v) is 1.63. The third-order valence-corrected chi connectivity index (χ3v) is 2.58. The maximum atomic E-state index is 12.5. The van der Waals surface area contributed by atoms with E-state index in [4.69, 9.17) is 0 Å². The summed E-state index contributed by atoms with van der Waals surface area (Å²) in [6.45, 7) is 0. The normalized spacial score (nSPS) is 22.8. The van der Waals surface area contributed by atoms with Crippen LogP contribution in [0.15, 0.2) is 0 Å². The second-order valence-electron chi connectivity index (χ2n) is 4.04. The molecule has 0 aliphatic carbocycles. The molecule has 1 rings (SSSR count). The molecule has 0 aromatic carbocycles. The Labute approximate surface area is 107 Å². The average Bonchev–Trinajstić information content (AvgIpc) is 2.55. The van der Waals surface area contributed by atoms with Crippen molar-refractivity contribution in [1.29, 1.82) is 0 Å². The first-order valence-corrected chi connectivity index (χ1v) is 5.23. The van der Waals surface area contributed by atoms with Crippen molar-refractivity contribution in [2.24, 2.45) is 0 Å². The summed E-state index contributed by atoms with van der Waals surface area (Å²) in [6, 6.07) is -3.70. The van der Waals surface area contributed by atoms with Crippen LogP contribution in [-0.4, -0.2) is 36.1 Å². The largest absolute Gasteiger partial charge is 0.452 e. The minimum Gasteiger partial charge on any atom is -0.424 e. The Morgan fingerprint density at radius 2 is 1.70 bits per heavy atom. The van der Waals surface area contributed by atoms with Gasteiger partial charge in [0.15, 0.2) is 0 Å². The molecule has 11 heteroatoms. The zero-order chi connectivity index (χ0) is 15.8. The zero-order valence-electron chi connectivity index (χ0n) is 9.57. The molecule has 1 aliphatic heterocycles. The number of nitrogens with one attached hydrogen (secondary N) is 1. The van der Waals surface area contributed by atoms with Gasteiger partial charge in [-0.25, -0.2) is 0 Å². The SMILES string of the molecule is O=C(F)CCC[C@H]1NC(C(F)(F)F)(C(F)(F)F)OC1=O. The minimum absolute atomic E-state index is 0.395. The summed E-state index contributed by atoms with van der Waals surface area (Å²) in [5.41, 5.74) is -4.78. The van der Waals surface area contributed by atoms with E-state index in [0.29, 0.717) is 0 Å². The van der Waals surface area contributed by atoms with Crippen LogP contribution in [-0.2, 0) is 14.3 Å². The van der Waals surface area contributed by atoms with Crippen LogP contribution < -0.4 is 5.32 Å². The monoisotopic (exact) mass is 311 g/mol. The summed E-state index contributed by atoms with van der Waals surface area (Å²) < 4.78 is 90.5. The van der Waals surface area contributed by atoms with Gasteiger partial charge < -0.3 is 4.74 Å². The molecule has 0 aromatic rings. The van der Waals surface area contributed by atoms with E-state index in [2.05, 4.69) is 4.74 Å². The molecule has 0 saturated carbocycles. The fraction of sp³-hybridized carbons (Fsp3) is 0.778. The highest BCUT2D eigenvalue weighted by Crippen LogP contribution is 2.47. The molecule has 1 N–H and O–H groups in total. The third-order valence-electron chi connectivity index (χ3n) is 2.58. The predicted octanol–water partition coefficient (Wildman–Crippen LogP) is 1.99. The van der Waals surface area contributed by atoms with Crippen LogP contribution in [0.4, 0.5) is 30.7 Å². The molecule has 20 heavy (non-hydrogen) atoms. The molecular weight excluding hydrogens is 303 g/mol. The molecule has 1 aliphatic rings. The Hall–Kier alpha value is -1.39. The van der Waals surface area contributed by atoms with Gasteiger partial charge in [0, 0.05) is 6.42 Å². The van der Waals surface area contributed by atoms with Crippen LogP contribution in [0.5, 0.6) is 0 Å². The topological polar surface area (TPSA) is 55.4 Å². The first-order valence-electron chi connectivity index (χ1n) is 5.23. The molecule has 1 saturated heterocycles. The number of hydrogen-bond acceptors (Lipinski definition) is 4. The molecule has 1 heterocycles. The van der Waals surface area contributed by atoms with Gasteiger partial charge in [-0.15, -0.1) is 0 Å². The van der Waals surface area contributed by atoms with Crippen LogP contribution in [0, 0.1) is 0 Å². The van der Waals surface area contributed by atoms with E-state index in [1.165, 1.54) is 0 Å². The van der Waals surface area contributed by atoms with Gasteiger partial charge in [-0.1, -0.05) is 0 Å². The van der Waals surface area contributed by atoms with Gasteiger partial charge >= 0.3 is 30.1 Å². The second kappa shape index (κ2) is 5.19.